The molecular formula is C24H33N3O3S. The molecule has 1 aromatic carbocycles. The maximum absolute atomic E-state index is 13.0. The van der Waals surface area contributed by atoms with Crippen molar-refractivity contribution >= 4 is 26.7 Å². The molecule has 3 aliphatic rings. The molecule has 7 heteroatoms. The first-order chi connectivity index (χ1) is 14.9. The molecule has 2 fully saturated rings. The molecule has 1 saturated heterocycles. The topological polar surface area (TPSA) is 70.0 Å². The van der Waals surface area contributed by atoms with Crippen LogP contribution in [0.25, 0.3) is 4.91 Å². The van der Waals surface area contributed by atoms with Gasteiger partial charge in [-0.15, -0.1) is 4.40 Å². The first-order valence-electron chi connectivity index (χ1n) is 11.6. The number of hydrogen-bond donors (Lipinski definition) is 0. The third-order valence-corrected chi connectivity index (χ3v) is 8.30. The third kappa shape index (κ3) is 4.56. The summed E-state index contributed by atoms with van der Waals surface area (Å²) in [5, 5.41) is 0. The lowest BCUT2D eigenvalue weighted by Gasteiger charge is -2.28. The van der Waals surface area contributed by atoms with Gasteiger partial charge in [0.15, 0.2) is 0 Å². The van der Waals surface area contributed by atoms with Crippen LogP contribution in [0.1, 0.15) is 63.5 Å². The molecule has 1 amide bonds. The lowest BCUT2D eigenvalue weighted by molar-refractivity contribution is -0.136. The van der Waals surface area contributed by atoms with Crippen LogP contribution in [0.3, 0.4) is 0 Å². The Morgan fingerprint density at radius 1 is 1.00 bits per heavy atom. The average molecular weight is 444 g/mol. The average Bonchev–Trinajstić information content (AvgIpc) is 2.93. The Hall–Kier alpha value is -2.15. The zero-order valence-electron chi connectivity index (χ0n) is 18.6. The van der Waals surface area contributed by atoms with Crippen LogP contribution >= 0.6 is 0 Å². The van der Waals surface area contributed by atoms with Crippen molar-refractivity contribution in [2.75, 3.05) is 26.2 Å². The van der Waals surface area contributed by atoms with E-state index in [4.69, 9.17) is 0 Å². The highest BCUT2D eigenvalue weighted by atomic mass is 32.2. The molecular weight excluding hydrogens is 410 g/mol. The van der Waals surface area contributed by atoms with E-state index in [2.05, 4.69) is 16.2 Å². The van der Waals surface area contributed by atoms with Gasteiger partial charge in [-0.25, -0.2) is 0 Å². The molecule has 2 heterocycles. The van der Waals surface area contributed by atoms with E-state index in [0.717, 1.165) is 45.1 Å². The second kappa shape index (κ2) is 9.15. The maximum atomic E-state index is 13.0. The summed E-state index contributed by atoms with van der Waals surface area (Å²) in [5.41, 5.74) is 2.57. The van der Waals surface area contributed by atoms with Gasteiger partial charge in [-0.3, -0.25) is 4.79 Å². The van der Waals surface area contributed by atoms with E-state index in [9.17, 15) is 13.2 Å². The molecule has 1 aromatic rings. The molecule has 0 radical (unpaired) electrons. The fourth-order valence-corrected chi connectivity index (χ4v) is 6.52. The minimum absolute atomic E-state index is 0.170. The Labute approximate surface area is 186 Å². The van der Waals surface area contributed by atoms with Gasteiger partial charge in [0.05, 0.1) is 0 Å². The van der Waals surface area contributed by atoms with E-state index in [0.29, 0.717) is 41.5 Å². The second-order valence-corrected chi connectivity index (χ2v) is 10.4. The third-order valence-electron chi connectivity index (χ3n) is 6.83. The number of amides is 1. The summed E-state index contributed by atoms with van der Waals surface area (Å²) in [7, 11) is -3.72. The van der Waals surface area contributed by atoms with Gasteiger partial charge in [0, 0.05) is 37.7 Å². The Kier molecular flexibility index (Phi) is 6.51. The highest BCUT2D eigenvalue weighted by Gasteiger charge is 2.35. The summed E-state index contributed by atoms with van der Waals surface area (Å²) in [4.78, 5) is 17.3. The Balaban J connectivity index is 1.51. The van der Waals surface area contributed by atoms with Crippen molar-refractivity contribution in [3.05, 3.63) is 41.0 Å². The fourth-order valence-electron chi connectivity index (χ4n) is 5.03. The summed E-state index contributed by atoms with van der Waals surface area (Å²) >= 11 is 0. The Bertz CT molecular complexity index is 989. The number of carbonyl (C=O) groups excluding carboxylic acids is 1. The summed E-state index contributed by atoms with van der Waals surface area (Å²) in [5.74, 6) is 0.997. The highest BCUT2D eigenvalue weighted by Crippen LogP contribution is 2.34. The van der Waals surface area contributed by atoms with Crippen LogP contribution in [-0.4, -0.2) is 56.1 Å². The van der Waals surface area contributed by atoms with E-state index in [1.54, 1.807) is 0 Å². The standard InChI is InChI=1S/C24H33N3O3S/c1-3-19-10-12-20(13-11-19)22-18(2)23(25-31(22,29)30)26-14-7-15-27(17-16-26)24(28)21-8-5-4-6-9-21/h10-13,21H,3-9,14-17H2,1-2H3. The second-order valence-electron chi connectivity index (χ2n) is 8.90. The molecule has 4 rings (SSSR count). The first-order valence-corrected chi connectivity index (χ1v) is 13.0. The number of amidine groups is 1. The van der Waals surface area contributed by atoms with E-state index < -0.39 is 10.0 Å². The first kappa shape index (κ1) is 22.1. The van der Waals surface area contributed by atoms with Crippen molar-refractivity contribution in [3.8, 4) is 0 Å². The van der Waals surface area contributed by atoms with Crippen LogP contribution < -0.4 is 0 Å². The van der Waals surface area contributed by atoms with Crippen LogP contribution in [0.4, 0.5) is 0 Å². The predicted octanol–water partition coefficient (Wildman–Crippen LogP) is 3.84. The number of aryl methyl sites for hydroxylation is 1. The van der Waals surface area contributed by atoms with Crippen LogP contribution in [0.15, 0.2) is 34.2 Å². The van der Waals surface area contributed by atoms with Gasteiger partial charge in [0.25, 0.3) is 10.0 Å². The van der Waals surface area contributed by atoms with Gasteiger partial charge >= 0.3 is 0 Å². The number of hydrogen-bond acceptors (Lipinski definition) is 4. The molecule has 0 aromatic heterocycles. The van der Waals surface area contributed by atoms with Crippen LogP contribution in [0.5, 0.6) is 0 Å². The van der Waals surface area contributed by atoms with Gasteiger partial charge in [0.1, 0.15) is 10.7 Å². The van der Waals surface area contributed by atoms with Crippen molar-refractivity contribution in [1.29, 1.82) is 0 Å². The molecule has 0 spiro atoms. The van der Waals surface area contributed by atoms with Gasteiger partial charge in [-0.1, -0.05) is 50.5 Å². The van der Waals surface area contributed by atoms with Gasteiger partial charge in [-0.05, 0) is 43.7 Å². The number of nitrogens with zero attached hydrogens (tertiary/aromatic N) is 3. The quantitative estimate of drug-likeness (QED) is 0.712. The molecule has 0 atom stereocenters. The zero-order valence-corrected chi connectivity index (χ0v) is 19.5. The van der Waals surface area contributed by atoms with Crippen molar-refractivity contribution in [1.82, 2.24) is 9.80 Å². The summed E-state index contributed by atoms with van der Waals surface area (Å²) < 4.78 is 30.0. The van der Waals surface area contributed by atoms with Gasteiger partial charge in [0.2, 0.25) is 5.91 Å². The van der Waals surface area contributed by atoms with Crippen LogP contribution in [-0.2, 0) is 21.2 Å². The number of sulfonamides is 1. The summed E-state index contributed by atoms with van der Waals surface area (Å²) in [6, 6.07) is 7.70. The number of carbonyl (C=O) groups is 1. The van der Waals surface area contributed by atoms with Crippen molar-refractivity contribution < 1.29 is 13.2 Å². The molecule has 0 bridgehead atoms. The molecule has 0 N–H and O–H groups in total. The molecule has 6 nitrogen and oxygen atoms in total. The molecule has 0 unspecified atom stereocenters. The molecule has 1 aliphatic carbocycles. The summed E-state index contributed by atoms with van der Waals surface area (Å²) in [6.45, 7) is 6.62. The Morgan fingerprint density at radius 3 is 2.39 bits per heavy atom. The minimum Gasteiger partial charge on any atom is -0.354 e. The van der Waals surface area contributed by atoms with Crippen LogP contribution in [0.2, 0.25) is 0 Å². The maximum Gasteiger partial charge on any atom is 0.285 e. The normalized spacial score (nSPS) is 22.5. The summed E-state index contributed by atoms with van der Waals surface area (Å²) in [6.07, 6.45) is 7.29. The minimum atomic E-state index is -3.72. The van der Waals surface area contributed by atoms with Gasteiger partial charge in [-0.2, -0.15) is 8.42 Å². The largest absolute Gasteiger partial charge is 0.354 e. The fraction of sp³-hybridized carbons (Fsp3) is 0.583. The molecule has 31 heavy (non-hydrogen) atoms. The highest BCUT2D eigenvalue weighted by molar-refractivity contribution is 8.00. The zero-order chi connectivity index (χ0) is 22.0. The molecule has 2 aliphatic heterocycles. The smallest absolute Gasteiger partial charge is 0.285 e. The van der Waals surface area contributed by atoms with E-state index in [-0.39, 0.29) is 11.8 Å². The molecule has 168 valence electrons. The molecule has 1 saturated carbocycles. The number of benzene rings is 1. The monoisotopic (exact) mass is 443 g/mol. The lowest BCUT2D eigenvalue weighted by Crippen LogP contribution is -2.40. The van der Waals surface area contributed by atoms with Crippen molar-refractivity contribution in [2.24, 2.45) is 10.3 Å². The Morgan fingerprint density at radius 2 is 1.71 bits per heavy atom. The SMILES string of the molecule is CCc1ccc(C2=C(C)C(N3CCCN(C(=O)C4CCCCC4)CC3)=NS2(=O)=O)cc1. The van der Waals surface area contributed by atoms with Crippen LogP contribution in [0, 0.1) is 5.92 Å². The van der Waals surface area contributed by atoms with E-state index in [1.807, 2.05) is 36.1 Å². The number of rotatable bonds is 3. The van der Waals surface area contributed by atoms with Crippen molar-refractivity contribution in [3.63, 3.8) is 0 Å². The van der Waals surface area contributed by atoms with Crippen molar-refractivity contribution in [2.45, 2.75) is 58.8 Å². The predicted molar refractivity (Wildman–Crippen MR) is 124 cm³/mol. The van der Waals surface area contributed by atoms with E-state index >= 15 is 0 Å². The van der Waals surface area contributed by atoms with E-state index in [1.165, 1.54) is 12.0 Å². The lowest BCUT2D eigenvalue weighted by atomic mass is 9.88. The van der Waals surface area contributed by atoms with Gasteiger partial charge < -0.3 is 9.80 Å².